The normalized spacial score (nSPS) is 19.4. The maximum Gasteiger partial charge on any atom is 0.322 e. The van der Waals surface area contributed by atoms with Gasteiger partial charge in [-0.25, -0.2) is 4.79 Å². The number of hydrogen-bond donors (Lipinski definition) is 2. The molecule has 7 nitrogen and oxygen atoms in total. The molecule has 28 heavy (non-hydrogen) atoms. The molecule has 2 N–H and O–H groups in total. The van der Waals surface area contributed by atoms with Crippen molar-refractivity contribution < 1.29 is 19.1 Å². The van der Waals surface area contributed by atoms with Crippen LogP contribution in [0.1, 0.15) is 31.2 Å². The lowest BCUT2D eigenvalue weighted by molar-refractivity contribution is -0.136. The predicted octanol–water partition coefficient (Wildman–Crippen LogP) is 2.15. The van der Waals surface area contributed by atoms with Crippen LogP contribution in [0.4, 0.5) is 4.79 Å². The van der Waals surface area contributed by atoms with Crippen LogP contribution in [0.3, 0.4) is 0 Å². The molecule has 2 saturated heterocycles. The van der Waals surface area contributed by atoms with Crippen molar-refractivity contribution in [1.29, 1.82) is 0 Å². The van der Waals surface area contributed by atoms with Crippen molar-refractivity contribution in [2.75, 3.05) is 20.2 Å². The Morgan fingerprint density at radius 3 is 2.43 bits per heavy atom. The van der Waals surface area contributed by atoms with Gasteiger partial charge in [0.25, 0.3) is 5.91 Å². The van der Waals surface area contributed by atoms with Crippen LogP contribution in [0.5, 0.6) is 5.75 Å². The number of methoxy groups -OCH3 is 1. The number of carbonyl (C=O) groups is 3. The van der Waals surface area contributed by atoms with Crippen molar-refractivity contribution in [3.63, 3.8) is 0 Å². The van der Waals surface area contributed by atoms with Crippen LogP contribution in [-0.2, 0) is 9.59 Å². The van der Waals surface area contributed by atoms with E-state index in [9.17, 15) is 14.4 Å². The Hall–Kier alpha value is -3.09. The van der Waals surface area contributed by atoms with Crippen molar-refractivity contribution in [3.05, 3.63) is 42.0 Å². The molecule has 2 aliphatic rings. The van der Waals surface area contributed by atoms with E-state index in [0.29, 0.717) is 25.9 Å². The highest BCUT2D eigenvalue weighted by Crippen LogP contribution is 2.29. The van der Waals surface area contributed by atoms with Crippen molar-refractivity contribution in [2.24, 2.45) is 0 Å². The number of rotatable bonds is 3. The van der Waals surface area contributed by atoms with Crippen LogP contribution >= 0.6 is 0 Å². The van der Waals surface area contributed by atoms with E-state index in [1.165, 1.54) is 0 Å². The Morgan fingerprint density at radius 1 is 1.11 bits per heavy atom. The third-order valence-corrected chi connectivity index (χ3v) is 5.89. The number of urea groups is 1. The summed E-state index contributed by atoms with van der Waals surface area (Å²) in [5.41, 5.74) is 0.0916. The lowest BCUT2D eigenvalue weighted by Gasteiger charge is -2.38. The van der Waals surface area contributed by atoms with E-state index >= 15 is 0 Å². The molecule has 2 fully saturated rings. The first-order valence-corrected chi connectivity index (χ1v) is 9.42. The molecule has 0 aromatic heterocycles. The van der Waals surface area contributed by atoms with Gasteiger partial charge in [0, 0.05) is 13.1 Å². The molecule has 1 spiro atoms. The number of likely N-dealkylation sites (tertiary alicyclic amines) is 1. The summed E-state index contributed by atoms with van der Waals surface area (Å²) in [6, 6.07) is 11.4. The molecule has 2 aliphatic heterocycles. The minimum Gasteiger partial charge on any atom is -0.497 e. The number of hydrogen-bond acceptors (Lipinski definition) is 4. The average Bonchev–Trinajstić information content (AvgIpc) is 2.99. The fraction of sp³-hybridized carbons (Fsp3) is 0.381. The van der Waals surface area contributed by atoms with Gasteiger partial charge in [0.05, 0.1) is 13.0 Å². The van der Waals surface area contributed by atoms with Gasteiger partial charge in [-0.15, -0.1) is 0 Å². The summed E-state index contributed by atoms with van der Waals surface area (Å²) < 4.78 is 5.26. The second-order valence-electron chi connectivity index (χ2n) is 7.51. The lowest BCUT2D eigenvalue weighted by Crippen LogP contribution is -2.56. The summed E-state index contributed by atoms with van der Waals surface area (Å²) in [6.07, 6.45) is 0.862. The van der Waals surface area contributed by atoms with E-state index in [4.69, 9.17) is 4.74 Å². The molecule has 0 saturated carbocycles. The number of nitrogens with zero attached hydrogens (tertiary/aromatic N) is 1. The van der Waals surface area contributed by atoms with E-state index in [2.05, 4.69) is 10.6 Å². The van der Waals surface area contributed by atoms with Crippen LogP contribution < -0.4 is 15.4 Å². The SMILES string of the molecule is COc1ccc2cc(C(C)C(=O)N3CCC4(CC3)NC(=O)NC4=O)ccc2c1. The fourth-order valence-corrected chi connectivity index (χ4v) is 4.04. The molecular formula is C21H23N3O4. The van der Waals surface area contributed by atoms with Crippen LogP contribution in [0.15, 0.2) is 36.4 Å². The average molecular weight is 381 g/mol. The molecule has 2 heterocycles. The summed E-state index contributed by atoms with van der Waals surface area (Å²) >= 11 is 0. The van der Waals surface area contributed by atoms with Gasteiger partial charge in [0.2, 0.25) is 5.91 Å². The van der Waals surface area contributed by atoms with E-state index in [1.54, 1.807) is 12.0 Å². The van der Waals surface area contributed by atoms with Crippen LogP contribution in [0.25, 0.3) is 10.8 Å². The number of fused-ring (bicyclic) bond motifs is 1. The molecule has 2 aromatic carbocycles. The fourth-order valence-electron chi connectivity index (χ4n) is 4.04. The van der Waals surface area contributed by atoms with Crippen molar-refractivity contribution in [3.8, 4) is 5.75 Å². The number of piperidine rings is 1. The number of ether oxygens (including phenoxy) is 1. The molecule has 1 atom stereocenters. The second-order valence-corrected chi connectivity index (χ2v) is 7.51. The number of imide groups is 1. The largest absolute Gasteiger partial charge is 0.497 e. The Kier molecular flexibility index (Phi) is 4.45. The van der Waals surface area contributed by atoms with E-state index in [-0.39, 0.29) is 17.7 Å². The molecule has 0 bridgehead atoms. The molecule has 0 aliphatic carbocycles. The van der Waals surface area contributed by atoms with Crippen molar-refractivity contribution in [2.45, 2.75) is 31.2 Å². The molecule has 4 rings (SSSR count). The lowest BCUT2D eigenvalue weighted by atomic mass is 9.87. The van der Waals surface area contributed by atoms with Crippen molar-refractivity contribution >= 4 is 28.6 Å². The smallest absolute Gasteiger partial charge is 0.322 e. The third-order valence-electron chi connectivity index (χ3n) is 5.89. The van der Waals surface area contributed by atoms with Crippen LogP contribution in [0.2, 0.25) is 0 Å². The molecule has 0 radical (unpaired) electrons. The highest BCUT2D eigenvalue weighted by Gasteiger charge is 2.48. The summed E-state index contributed by atoms with van der Waals surface area (Å²) in [5, 5.41) is 7.13. The first-order valence-electron chi connectivity index (χ1n) is 9.42. The quantitative estimate of drug-likeness (QED) is 0.798. The highest BCUT2D eigenvalue weighted by atomic mass is 16.5. The zero-order valence-corrected chi connectivity index (χ0v) is 16.0. The first-order chi connectivity index (χ1) is 13.4. The molecule has 146 valence electrons. The standard InChI is InChI=1S/C21H23N3O4/c1-13(14-3-4-16-12-17(28-2)6-5-15(16)11-14)18(25)24-9-7-21(8-10-24)19(26)22-20(27)23-21/h3-6,11-13H,7-10H2,1-2H3,(H2,22,23,26,27). The summed E-state index contributed by atoms with van der Waals surface area (Å²) in [5.74, 6) is 0.261. The highest BCUT2D eigenvalue weighted by molar-refractivity contribution is 6.07. The monoisotopic (exact) mass is 381 g/mol. The molecule has 7 heteroatoms. The van der Waals surface area contributed by atoms with E-state index < -0.39 is 11.6 Å². The van der Waals surface area contributed by atoms with E-state index in [0.717, 1.165) is 22.1 Å². The van der Waals surface area contributed by atoms with Crippen LogP contribution in [0, 0.1) is 0 Å². The third kappa shape index (κ3) is 3.06. The van der Waals surface area contributed by atoms with Gasteiger partial charge in [-0.05, 0) is 48.2 Å². The Balaban J connectivity index is 1.47. The summed E-state index contributed by atoms with van der Waals surface area (Å²) in [7, 11) is 1.64. The Bertz CT molecular complexity index is 963. The summed E-state index contributed by atoms with van der Waals surface area (Å²) in [6.45, 7) is 2.80. The number of benzene rings is 2. The van der Waals surface area contributed by atoms with Gasteiger partial charge in [-0.2, -0.15) is 0 Å². The van der Waals surface area contributed by atoms with Gasteiger partial charge < -0.3 is 15.0 Å². The molecule has 2 aromatic rings. The maximum absolute atomic E-state index is 13.0. The first kappa shape index (κ1) is 18.3. The predicted molar refractivity (Wildman–Crippen MR) is 104 cm³/mol. The minimum absolute atomic E-state index is 0.0347. The van der Waals surface area contributed by atoms with Gasteiger partial charge in [0.15, 0.2) is 0 Å². The molecule has 4 amide bonds. The Labute approximate surface area is 163 Å². The number of carbonyl (C=O) groups excluding carboxylic acids is 3. The van der Waals surface area contributed by atoms with Gasteiger partial charge in [0.1, 0.15) is 11.3 Å². The number of amides is 4. The number of nitrogens with one attached hydrogen (secondary N) is 2. The summed E-state index contributed by atoms with van der Waals surface area (Å²) in [4.78, 5) is 38.3. The van der Waals surface area contributed by atoms with Gasteiger partial charge >= 0.3 is 6.03 Å². The zero-order chi connectivity index (χ0) is 19.9. The minimum atomic E-state index is -0.862. The van der Waals surface area contributed by atoms with Crippen molar-refractivity contribution in [1.82, 2.24) is 15.5 Å². The maximum atomic E-state index is 13.0. The Morgan fingerprint density at radius 2 is 1.79 bits per heavy atom. The topological polar surface area (TPSA) is 87.7 Å². The zero-order valence-electron chi connectivity index (χ0n) is 16.0. The van der Waals surface area contributed by atoms with Crippen LogP contribution in [-0.4, -0.2) is 48.5 Å². The molecular weight excluding hydrogens is 358 g/mol. The van der Waals surface area contributed by atoms with Gasteiger partial charge in [-0.1, -0.05) is 24.3 Å². The molecule has 1 unspecified atom stereocenters. The van der Waals surface area contributed by atoms with Gasteiger partial charge in [-0.3, -0.25) is 14.9 Å². The van der Waals surface area contributed by atoms with E-state index in [1.807, 2.05) is 43.3 Å². The second kappa shape index (κ2) is 6.82.